The lowest BCUT2D eigenvalue weighted by Crippen LogP contribution is -2.48. The molecule has 0 aliphatic carbocycles. The highest BCUT2D eigenvalue weighted by atomic mass is 35.5. The van der Waals surface area contributed by atoms with Crippen LogP contribution >= 0.6 is 34.8 Å². The second-order valence-corrected chi connectivity index (χ2v) is 8.19. The first-order valence-corrected chi connectivity index (χ1v) is 10.8. The normalized spacial score (nSPS) is 11.8. The zero-order valence-electron chi connectivity index (χ0n) is 16.9. The molecule has 0 heterocycles. The van der Waals surface area contributed by atoms with Gasteiger partial charge in [0.05, 0.1) is 16.5 Å². The van der Waals surface area contributed by atoms with Crippen molar-refractivity contribution in [1.82, 2.24) is 10.2 Å². The molecular weight excluding hydrogens is 450 g/mol. The van der Waals surface area contributed by atoms with Crippen LogP contribution in [0, 0.1) is 5.82 Å². The van der Waals surface area contributed by atoms with E-state index in [-0.39, 0.29) is 29.5 Å². The molecule has 4 nitrogen and oxygen atoms in total. The zero-order chi connectivity index (χ0) is 22.3. The van der Waals surface area contributed by atoms with Crippen LogP contribution < -0.4 is 5.32 Å². The number of unbranched alkanes of at least 4 members (excludes halogenated alkanes) is 1. The molecule has 0 spiro atoms. The highest BCUT2D eigenvalue weighted by molar-refractivity contribution is 6.42. The molecule has 0 aliphatic heterocycles. The van der Waals surface area contributed by atoms with Crippen molar-refractivity contribution in [3.63, 3.8) is 0 Å². The van der Waals surface area contributed by atoms with Gasteiger partial charge in [-0.25, -0.2) is 4.39 Å². The van der Waals surface area contributed by atoms with E-state index in [0.717, 1.165) is 12.8 Å². The Morgan fingerprint density at radius 3 is 2.47 bits per heavy atom. The Labute approximate surface area is 191 Å². The maximum absolute atomic E-state index is 14.2. The standard InChI is InChI=1S/C22H24Cl3FN2O2/c1-3-4-10-27-22(30)14(2)28(13-15-8-9-18(24)19(25)11-15)21(29)12-16-17(23)6-5-7-20(16)26/h5-9,11,14H,3-4,10,12-13H2,1-2H3,(H,27,30)/t14-/m0/s1. The first-order valence-electron chi connectivity index (χ1n) is 9.68. The lowest BCUT2D eigenvalue weighted by atomic mass is 10.1. The molecule has 2 amide bonds. The lowest BCUT2D eigenvalue weighted by molar-refractivity contribution is -0.140. The molecule has 0 saturated carbocycles. The Morgan fingerprint density at radius 1 is 1.10 bits per heavy atom. The summed E-state index contributed by atoms with van der Waals surface area (Å²) >= 11 is 18.1. The van der Waals surface area contributed by atoms with Gasteiger partial charge in [0.25, 0.3) is 0 Å². The minimum atomic E-state index is -0.769. The van der Waals surface area contributed by atoms with Crippen LogP contribution in [0.2, 0.25) is 15.1 Å². The van der Waals surface area contributed by atoms with Gasteiger partial charge in [0.15, 0.2) is 0 Å². The third-order valence-electron chi connectivity index (χ3n) is 4.72. The molecule has 0 aromatic heterocycles. The number of hydrogen-bond donors (Lipinski definition) is 1. The molecule has 8 heteroatoms. The molecule has 0 aliphatic rings. The largest absolute Gasteiger partial charge is 0.354 e. The number of nitrogens with zero attached hydrogens (tertiary/aromatic N) is 1. The molecule has 2 rings (SSSR count). The molecule has 162 valence electrons. The number of carbonyl (C=O) groups is 2. The summed E-state index contributed by atoms with van der Waals surface area (Å²) in [6, 6.07) is 8.48. The number of nitrogens with one attached hydrogen (secondary N) is 1. The molecule has 0 bridgehead atoms. The monoisotopic (exact) mass is 472 g/mol. The molecule has 1 N–H and O–H groups in total. The van der Waals surface area contributed by atoms with Gasteiger partial charge in [-0.2, -0.15) is 0 Å². The highest BCUT2D eigenvalue weighted by Crippen LogP contribution is 2.25. The highest BCUT2D eigenvalue weighted by Gasteiger charge is 2.27. The predicted molar refractivity (Wildman–Crippen MR) is 120 cm³/mol. The zero-order valence-corrected chi connectivity index (χ0v) is 19.1. The van der Waals surface area contributed by atoms with E-state index in [1.165, 1.54) is 23.1 Å². The molecule has 0 radical (unpaired) electrons. The van der Waals surface area contributed by atoms with Crippen LogP contribution in [0.4, 0.5) is 4.39 Å². The molecule has 2 aromatic carbocycles. The third kappa shape index (κ3) is 6.59. The molecule has 0 saturated heterocycles. The van der Waals surface area contributed by atoms with Crippen molar-refractivity contribution in [2.24, 2.45) is 0 Å². The molecule has 30 heavy (non-hydrogen) atoms. The molecule has 0 fully saturated rings. The quantitative estimate of drug-likeness (QED) is 0.478. The average molecular weight is 474 g/mol. The Bertz CT molecular complexity index is 888. The number of halogens is 4. The van der Waals surface area contributed by atoms with Gasteiger partial charge in [-0.3, -0.25) is 9.59 Å². The van der Waals surface area contributed by atoms with Crippen molar-refractivity contribution < 1.29 is 14.0 Å². The van der Waals surface area contributed by atoms with Crippen molar-refractivity contribution in [2.75, 3.05) is 6.54 Å². The minimum Gasteiger partial charge on any atom is -0.354 e. The maximum atomic E-state index is 14.2. The fourth-order valence-corrected chi connectivity index (χ4v) is 3.46. The average Bonchev–Trinajstić information content (AvgIpc) is 2.71. The first-order chi connectivity index (χ1) is 14.2. The van der Waals surface area contributed by atoms with Crippen LogP contribution in [0.5, 0.6) is 0 Å². The van der Waals surface area contributed by atoms with Crippen molar-refractivity contribution >= 4 is 46.6 Å². The van der Waals surface area contributed by atoms with Crippen LogP contribution in [0.15, 0.2) is 36.4 Å². The van der Waals surface area contributed by atoms with Gasteiger partial charge in [0.1, 0.15) is 11.9 Å². The number of carbonyl (C=O) groups excluding carboxylic acids is 2. The van der Waals surface area contributed by atoms with Gasteiger partial charge in [-0.05, 0) is 43.2 Å². The number of benzene rings is 2. The fraction of sp³-hybridized carbons (Fsp3) is 0.364. The van der Waals surface area contributed by atoms with Crippen molar-refractivity contribution in [1.29, 1.82) is 0 Å². The topological polar surface area (TPSA) is 49.4 Å². The Kier molecular flexibility index (Phi) is 9.40. The van der Waals surface area contributed by atoms with Gasteiger partial charge in [-0.15, -0.1) is 0 Å². The smallest absolute Gasteiger partial charge is 0.242 e. The fourth-order valence-electron chi connectivity index (χ4n) is 2.91. The van der Waals surface area contributed by atoms with E-state index < -0.39 is 17.8 Å². The van der Waals surface area contributed by atoms with Crippen LogP contribution in [0.1, 0.15) is 37.8 Å². The van der Waals surface area contributed by atoms with E-state index in [1.54, 1.807) is 25.1 Å². The van der Waals surface area contributed by atoms with E-state index in [4.69, 9.17) is 34.8 Å². The van der Waals surface area contributed by atoms with Gasteiger partial charge in [0.2, 0.25) is 11.8 Å². The molecule has 0 unspecified atom stereocenters. The Morgan fingerprint density at radius 2 is 1.83 bits per heavy atom. The van der Waals surface area contributed by atoms with E-state index >= 15 is 0 Å². The van der Waals surface area contributed by atoms with Crippen LogP contribution in [-0.2, 0) is 22.6 Å². The second-order valence-electron chi connectivity index (χ2n) is 6.97. The first kappa shape index (κ1) is 24.4. The summed E-state index contributed by atoms with van der Waals surface area (Å²) in [4.78, 5) is 27.1. The van der Waals surface area contributed by atoms with E-state index in [0.29, 0.717) is 22.2 Å². The Balaban J connectivity index is 2.27. The number of amides is 2. The molecule has 2 aromatic rings. The summed E-state index contributed by atoms with van der Waals surface area (Å²) in [6.45, 7) is 4.30. The third-order valence-corrected chi connectivity index (χ3v) is 5.82. The van der Waals surface area contributed by atoms with Crippen LogP contribution in [-0.4, -0.2) is 29.3 Å². The van der Waals surface area contributed by atoms with Crippen LogP contribution in [0.3, 0.4) is 0 Å². The van der Waals surface area contributed by atoms with E-state index in [1.807, 2.05) is 6.92 Å². The summed E-state index contributed by atoms with van der Waals surface area (Å²) in [5, 5.41) is 3.73. The van der Waals surface area contributed by atoms with Crippen molar-refractivity contribution in [3.05, 3.63) is 68.4 Å². The van der Waals surface area contributed by atoms with Crippen molar-refractivity contribution in [3.8, 4) is 0 Å². The predicted octanol–water partition coefficient (Wildman–Crippen LogP) is 5.66. The summed E-state index contributed by atoms with van der Waals surface area (Å²) in [5.74, 6) is -1.27. The van der Waals surface area contributed by atoms with E-state index in [9.17, 15) is 14.0 Å². The van der Waals surface area contributed by atoms with Crippen LogP contribution in [0.25, 0.3) is 0 Å². The number of hydrogen-bond acceptors (Lipinski definition) is 2. The van der Waals surface area contributed by atoms with Crippen molar-refractivity contribution in [2.45, 2.75) is 45.7 Å². The molecule has 1 atom stereocenters. The maximum Gasteiger partial charge on any atom is 0.242 e. The van der Waals surface area contributed by atoms with Gasteiger partial charge in [-0.1, -0.05) is 60.3 Å². The summed E-state index contributed by atoms with van der Waals surface area (Å²) < 4.78 is 14.2. The van der Waals surface area contributed by atoms with E-state index in [2.05, 4.69) is 5.32 Å². The summed E-state index contributed by atoms with van der Waals surface area (Å²) in [6.07, 6.45) is 1.51. The van der Waals surface area contributed by atoms with Gasteiger partial charge < -0.3 is 10.2 Å². The Hall–Kier alpha value is -1.82. The second kappa shape index (κ2) is 11.5. The summed E-state index contributed by atoms with van der Waals surface area (Å²) in [7, 11) is 0. The minimum absolute atomic E-state index is 0.0990. The summed E-state index contributed by atoms with van der Waals surface area (Å²) in [5.41, 5.74) is 0.799. The lowest BCUT2D eigenvalue weighted by Gasteiger charge is -2.29. The van der Waals surface area contributed by atoms with Gasteiger partial charge >= 0.3 is 0 Å². The molecular formula is C22H24Cl3FN2O2. The SMILES string of the molecule is CCCCNC(=O)[C@H](C)N(Cc1ccc(Cl)c(Cl)c1)C(=O)Cc1c(F)cccc1Cl. The van der Waals surface area contributed by atoms with Gasteiger partial charge in [0, 0.05) is 23.7 Å². The number of rotatable bonds is 9.